The summed E-state index contributed by atoms with van der Waals surface area (Å²) < 4.78 is 5.50. The molecule has 0 rings (SSSR count). The predicted octanol–water partition coefficient (Wildman–Crippen LogP) is 24.9. The third-order valence-corrected chi connectivity index (χ3v) is 18.0. The molecular formula is C77H149NO5. The Morgan fingerprint density at radius 2 is 0.566 bits per heavy atom. The number of aliphatic hydroxyl groups excluding tert-OH is 2. The van der Waals surface area contributed by atoms with Gasteiger partial charge in [-0.05, 0) is 77.0 Å². The molecule has 0 aromatic heterocycles. The van der Waals surface area contributed by atoms with Crippen LogP contribution in [0.1, 0.15) is 431 Å². The SMILES string of the molecule is CCCCCCCC/C=C\CCCCCCCCCC(=O)OCCCCCCCCCCCCCC/C=C\CCCCCCCCCCC(=O)NC(CO)C(O)CCCCCCCCCCCCCCCCCCCCCCCCCCC. The van der Waals surface area contributed by atoms with Crippen molar-refractivity contribution in [2.24, 2.45) is 0 Å². The molecule has 0 saturated carbocycles. The molecule has 0 fully saturated rings. The second kappa shape index (κ2) is 72.8. The fourth-order valence-electron chi connectivity index (χ4n) is 12.2. The molecule has 0 aromatic carbocycles. The number of hydrogen-bond donors (Lipinski definition) is 3. The van der Waals surface area contributed by atoms with Gasteiger partial charge in [0.25, 0.3) is 0 Å². The number of aliphatic hydroxyl groups is 2. The van der Waals surface area contributed by atoms with Crippen LogP contribution in [0.15, 0.2) is 24.3 Å². The van der Waals surface area contributed by atoms with E-state index in [1.54, 1.807) is 0 Å². The summed E-state index contributed by atoms with van der Waals surface area (Å²) in [6, 6.07) is -0.546. The lowest BCUT2D eigenvalue weighted by Crippen LogP contribution is -2.45. The molecule has 0 bridgehead atoms. The summed E-state index contributed by atoms with van der Waals surface area (Å²) in [6.45, 7) is 4.99. The van der Waals surface area contributed by atoms with Gasteiger partial charge in [0.2, 0.25) is 5.91 Å². The van der Waals surface area contributed by atoms with Crippen LogP contribution in [0.3, 0.4) is 0 Å². The summed E-state index contributed by atoms with van der Waals surface area (Å²) in [5, 5.41) is 23.5. The van der Waals surface area contributed by atoms with Crippen molar-refractivity contribution in [3.8, 4) is 0 Å². The van der Waals surface area contributed by atoms with E-state index >= 15 is 0 Å². The molecule has 2 unspecified atom stereocenters. The fourth-order valence-corrected chi connectivity index (χ4v) is 12.2. The van der Waals surface area contributed by atoms with Crippen molar-refractivity contribution in [1.29, 1.82) is 0 Å². The topological polar surface area (TPSA) is 95.9 Å². The number of hydrogen-bond acceptors (Lipinski definition) is 5. The maximum absolute atomic E-state index is 12.6. The van der Waals surface area contributed by atoms with Gasteiger partial charge < -0.3 is 20.3 Å². The van der Waals surface area contributed by atoms with Crippen LogP contribution in [0.4, 0.5) is 0 Å². The number of unbranched alkanes of at least 4 members (excludes halogenated alkanes) is 57. The van der Waals surface area contributed by atoms with Crippen LogP contribution < -0.4 is 5.32 Å². The minimum absolute atomic E-state index is 0.0104. The van der Waals surface area contributed by atoms with Gasteiger partial charge >= 0.3 is 5.97 Å². The highest BCUT2D eigenvalue weighted by atomic mass is 16.5. The molecular weight excluding hydrogens is 1020 g/mol. The minimum Gasteiger partial charge on any atom is -0.466 e. The number of esters is 1. The van der Waals surface area contributed by atoms with Gasteiger partial charge in [0.1, 0.15) is 0 Å². The minimum atomic E-state index is -0.669. The highest BCUT2D eigenvalue weighted by molar-refractivity contribution is 5.76. The zero-order chi connectivity index (χ0) is 59.9. The Kier molecular flexibility index (Phi) is 71.4. The maximum Gasteiger partial charge on any atom is 0.305 e. The largest absolute Gasteiger partial charge is 0.466 e. The Morgan fingerprint density at radius 1 is 0.325 bits per heavy atom. The van der Waals surface area contributed by atoms with Gasteiger partial charge in [-0.15, -0.1) is 0 Å². The van der Waals surface area contributed by atoms with Crippen molar-refractivity contribution in [3.05, 3.63) is 24.3 Å². The first-order valence-corrected chi connectivity index (χ1v) is 38.1. The summed E-state index contributed by atoms with van der Waals surface area (Å²) in [5.41, 5.74) is 0. The number of ether oxygens (including phenoxy) is 1. The normalized spacial score (nSPS) is 12.6. The first-order valence-electron chi connectivity index (χ1n) is 38.1. The Hall–Kier alpha value is -1.66. The maximum atomic E-state index is 12.6. The van der Waals surface area contributed by atoms with Crippen LogP contribution in [0.2, 0.25) is 0 Å². The van der Waals surface area contributed by atoms with Crippen molar-refractivity contribution >= 4 is 11.9 Å². The summed E-state index contributed by atoms with van der Waals surface area (Å²) >= 11 is 0. The van der Waals surface area contributed by atoms with Crippen LogP contribution in [0.25, 0.3) is 0 Å². The quantitative estimate of drug-likeness (QED) is 0.0320. The van der Waals surface area contributed by atoms with Gasteiger partial charge in [0.15, 0.2) is 0 Å². The third-order valence-electron chi connectivity index (χ3n) is 18.0. The number of amides is 1. The first-order chi connectivity index (χ1) is 41.0. The van der Waals surface area contributed by atoms with Crippen molar-refractivity contribution in [2.75, 3.05) is 13.2 Å². The average Bonchev–Trinajstić information content (AvgIpc) is 3.49. The second-order valence-corrected chi connectivity index (χ2v) is 26.3. The van der Waals surface area contributed by atoms with E-state index in [-0.39, 0.29) is 18.5 Å². The van der Waals surface area contributed by atoms with Gasteiger partial charge in [-0.1, -0.05) is 366 Å². The fraction of sp³-hybridized carbons (Fsp3) is 0.922. The molecule has 0 aliphatic carbocycles. The molecule has 0 spiro atoms. The summed E-state index contributed by atoms with van der Waals surface area (Å²) in [4.78, 5) is 24.7. The smallest absolute Gasteiger partial charge is 0.305 e. The zero-order valence-corrected chi connectivity index (χ0v) is 56.5. The molecule has 0 heterocycles. The molecule has 0 aliphatic rings. The highest BCUT2D eigenvalue weighted by Crippen LogP contribution is 2.19. The number of carbonyl (C=O) groups excluding carboxylic acids is 2. The molecule has 0 aliphatic heterocycles. The van der Waals surface area contributed by atoms with Gasteiger partial charge in [-0.3, -0.25) is 9.59 Å². The number of nitrogens with one attached hydrogen (secondary N) is 1. The molecule has 0 radical (unpaired) electrons. The van der Waals surface area contributed by atoms with E-state index in [4.69, 9.17) is 4.74 Å². The monoisotopic (exact) mass is 1170 g/mol. The Morgan fingerprint density at radius 3 is 0.855 bits per heavy atom. The lowest BCUT2D eigenvalue weighted by molar-refractivity contribution is -0.143. The van der Waals surface area contributed by atoms with Crippen molar-refractivity contribution < 1.29 is 24.5 Å². The standard InChI is InChI=1S/C77H149NO5/c1-3-5-7-9-11-13-15-17-19-21-22-23-24-25-28-31-34-38-41-45-49-53-57-61-65-69-75(80)74(73-79)78-76(81)70-66-62-58-54-50-46-42-39-35-32-29-26-27-30-33-36-40-44-48-52-56-60-64-68-72-83-77(82)71-67-63-59-55-51-47-43-37-20-18-16-14-12-10-8-6-4-2/h18,20,29,32,74-75,79-80H,3-17,19,21-28,30-31,33-73H2,1-2H3,(H,78,81)/b20-18-,32-29-. The van der Waals surface area contributed by atoms with Crippen LogP contribution in [0.5, 0.6) is 0 Å². The van der Waals surface area contributed by atoms with Crippen molar-refractivity contribution in [2.45, 2.75) is 443 Å². The van der Waals surface area contributed by atoms with Crippen molar-refractivity contribution in [3.63, 3.8) is 0 Å². The number of rotatable bonds is 72. The highest BCUT2D eigenvalue weighted by Gasteiger charge is 2.20. The predicted molar refractivity (Wildman–Crippen MR) is 366 cm³/mol. The van der Waals surface area contributed by atoms with Crippen LogP contribution in [0, 0.1) is 0 Å². The summed E-state index contributed by atoms with van der Waals surface area (Å²) in [5.74, 6) is -0.0238. The van der Waals surface area contributed by atoms with E-state index < -0.39 is 12.1 Å². The Labute approximate surface area is 520 Å². The van der Waals surface area contributed by atoms with Crippen LogP contribution in [-0.4, -0.2) is 47.4 Å². The van der Waals surface area contributed by atoms with E-state index in [0.717, 1.165) is 44.9 Å². The van der Waals surface area contributed by atoms with E-state index in [2.05, 4.69) is 43.5 Å². The molecule has 6 nitrogen and oxygen atoms in total. The van der Waals surface area contributed by atoms with Gasteiger partial charge in [-0.25, -0.2) is 0 Å². The molecule has 2 atom stereocenters. The molecule has 0 saturated heterocycles. The number of carbonyl (C=O) groups is 2. The average molecular weight is 1170 g/mol. The van der Waals surface area contributed by atoms with E-state index in [0.29, 0.717) is 25.9 Å². The molecule has 1 amide bonds. The third kappa shape index (κ3) is 69.3. The molecule has 6 heteroatoms. The van der Waals surface area contributed by atoms with E-state index in [9.17, 15) is 19.8 Å². The van der Waals surface area contributed by atoms with Crippen molar-refractivity contribution in [1.82, 2.24) is 5.32 Å². The van der Waals surface area contributed by atoms with E-state index in [1.165, 1.54) is 353 Å². The Balaban J connectivity index is 3.39. The zero-order valence-electron chi connectivity index (χ0n) is 56.5. The lowest BCUT2D eigenvalue weighted by atomic mass is 10.0. The lowest BCUT2D eigenvalue weighted by Gasteiger charge is -2.22. The summed E-state index contributed by atoms with van der Waals surface area (Å²) in [7, 11) is 0. The molecule has 0 aromatic rings. The van der Waals surface area contributed by atoms with Gasteiger partial charge in [-0.2, -0.15) is 0 Å². The van der Waals surface area contributed by atoms with Gasteiger partial charge in [0, 0.05) is 12.8 Å². The molecule has 3 N–H and O–H groups in total. The van der Waals surface area contributed by atoms with Crippen LogP contribution in [-0.2, 0) is 14.3 Å². The Bertz CT molecular complexity index is 1300. The van der Waals surface area contributed by atoms with Crippen LogP contribution >= 0.6 is 0 Å². The summed E-state index contributed by atoms with van der Waals surface area (Å²) in [6.07, 6.45) is 92.4. The first kappa shape index (κ1) is 81.3. The second-order valence-electron chi connectivity index (χ2n) is 26.3. The number of allylic oxidation sites excluding steroid dienone is 4. The van der Waals surface area contributed by atoms with Gasteiger partial charge in [0.05, 0.1) is 25.4 Å². The molecule has 83 heavy (non-hydrogen) atoms. The molecule has 492 valence electrons. The van der Waals surface area contributed by atoms with E-state index in [1.807, 2.05) is 0 Å².